The second-order valence-electron chi connectivity index (χ2n) is 4.59. The average Bonchev–Trinajstić information content (AvgIpc) is 2.45. The number of ether oxygens (including phenoxy) is 1. The molecule has 0 fully saturated rings. The van der Waals surface area contributed by atoms with Crippen molar-refractivity contribution in [1.82, 2.24) is 5.32 Å². The van der Waals surface area contributed by atoms with E-state index >= 15 is 0 Å². The first-order valence-electron chi connectivity index (χ1n) is 6.29. The van der Waals surface area contributed by atoms with E-state index in [0.29, 0.717) is 6.42 Å². The number of carboxylic acids is 1. The van der Waals surface area contributed by atoms with E-state index in [1.54, 1.807) is 44.4 Å². The molecular weight excluding hydrogens is 258 g/mol. The van der Waals surface area contributed by atoms with Crippen molar-refractivity contribution in [3.63, 3.8) is 0 Å². The van der Waals surface area contributed by atoms with Crippen molar-refractivity contribution < 1.29 is 19.4 Å². The van der Waals surface area contributed by atoms with Gasteiger partial charge in [-0.05, 0) is 37.1 Å². The smallest absolute Gasteiger partial charge is 0.329 e. The quantitative estimate of drug-likeness (QED) is 0.781. The Kier molecular flexibility index (Phi) is 5.32. The number of carbonyl (C=O) groups excluding carboxylic acids is 1. The molecule has 0 aliphatic heterocycles. The number of hydrogen-bond acceptors (Lipinski definition) is 3. The largest absolute Gasteiger partial charge is 0.497 e. The van der Waals surface area contributed by atoms with Crippen LogP contribution in [0.1, 0.15) is 25.8 Å². The number of carbonyl (C=O) groups is 2. The standard InChI is InChI=1S/C15H19NO4/c1-4-15(2,14(18)19)16-13(17)10-7-11-5-8-12(20-3)9-6-11/h5-10H,4H2,1-3H3,(H,16,17)(H,18,19). The van der Waals surface area contributed by atoms with Gasteiger partial charge in [0.2, 0.25) is 5.91 Å². The average molecular weight is 277 g/mol. The highest BCUT2D eigenvalue weighted by Crippen LogP contribution is 2.13. The molecule has 0 spiro atoms. The second kappa shape index (κ2) is 6.75. The van der Waals surface area contributed by atoms with Gasteiger partial charge in [-0.25, -0.2) is 4.79 Å². The summed E-state index contributed by atoms with van der Waals surface area (Å²) in [6.07, 6.45) is 3.25. The maximum absolute atomic E-state index is 11.7. The fourth-order valence-electron chi connectivity index (χ4n) is 1.49. The van der Waals surface area contributed by atoms with E-state index in [-0.39, 0.29) is 0 Å². The third-order valence-corrected chi connectivity index (χ3v) is 3.12. The Morgan fingerprint density at radius 3 is 2.40 bits per heavy atom. The Labute approximate surface area is 118 Å². The van der Waals surface area contributed by atoms with Crippen LogP contribution in [-0.2, 0) is 9.59 Å². The lowest BCUT2D eigenvalue weighted by Gasteiger charge is -2.23. The van der Waals surface area contributed by atoms with Gasteiger partial charge >= 0.3 is 5.97 Å². The van der Waals surface area contributed by atoms with Crippen LogP contribution in [0.3, 0.4) is 0 Å². The van der Waals surface area contributed by atoms with Gasteiger partial charge in [-0.3, -0.25) is 4.79 Å². The Hall–Kier alpha value is -2.30. The summed E-state index contributed by atoms with van der Waals surface area (Å²) in [7, 11) is 1.58. The predicted molar refractivity (Wildman–Crippen MR) is 76.5 cm³/mol. The fourth-order valence-corrected chi connectivity index (χ4v) is 1.49. The first-order valence-corrected chi connectivity index (χ1v) is 6.29. The van der Waals surface area contributed by atoms with Crippen molar-refractivity contribution in [3.8, 4) is 5.75 Å². The molecule has 2 N–H and O–H groups in total. The van der Waals surface area contributed by atoms with Gasteiger partial charge in [0.1, 0.15) is 11.3 Å². The number of carboxylic acid groups (broad SMARTS) is 1. The van der Waals surface area contributed by atoms with E-state index in [1.807, 2.05) is 0 Å². The molecule has 0 aromatic heterocycles. The van der Waals surface area contributed by atoms with Crippen molar-refractivity contribution in [2.24, 2.45) is 0 Å². The monoisotopic (exact) mass is 277 g/mol. The highest BCUT2D eigenvalue weighted by Gasteiger charge is 2.31. The summed E-state index contributed by atoms with van der Waals surface area (Å²) in [4.78, 5) is 22.8. The number of methoxy groups -OCH3 is 1. The molecule has 20 heavy (non-hydrogen) atoms. The Morgan fingerprint density at radius 1 is 1.35 bits per heavy atom. The number of rotatable bonds is 6. The minimum absolute atomic E-state index is 0.310. The first kappa shape index (κ1) is 15.8. The zero-order valence-corrected chi connectivity index (χ0v) is 11.8. The lowest BCUT2D eigenvalue weighted by molar-refractivity contribution is -0.146. The third kappa shape index (κ3) is 4.12. The van der Waals surface area contributed by atoms with Crippen molar-refractivity contribution >= 4 is 18.0 Å². The van der Waals surface area contributed by atoms with Crippen LogP contribution in [-0.4, -0.2) is 29.6 Å². The summed E-state index contributed by atoms with van der Waals surface area (Å²) >= 11 is 0. The van der Waals surface area contributed by atoms with Gasteiger partial charge in [-0.1, -0.05) is 19.1 Å². The molecule has 0 bridgehead atoms. The van der Waals surface area contributed by atoms with Crippen molar-refractivity contribution in [2.75, 3.05) is 7.11 Å². The zero-order chi connectivity index (χ0) is 15.2. The molecule has 0 aliphatic carbocycles. The van der Waals surface area contributed by atoms with E-state index in [0.717, 1.165) is 11.3 Å². The van der Waals surface area contributed by atoms with Crippen LogP contribution in [0, 0.1) is 0 Å². The molecule has 108 valence electrons. The minimum Gasteiger partial charge on any atom is -0.497 e. The lowest BCUT2D eigenvalue weighted by Crippen LogP contribution is -2.51. The maximum Gasteiger partial charge on any atom is 0.329 e. The minimum atomic E-state index is -1.25. The first-order chi connectivity index (χ1) is 9.41. The molecule has 0 saturated heterocycles. The Morgan fingerprint density at radius 2 is 1.95 bits per heavy atom. The van der Waals surface area contributed by atoms with Crippen LogP contribution in [0.4, 0.5) is 0 Å². The molecule has 5 heteroatoms. The van der Waals surface area contributed by atoms with Gasteiger partial charge in [0.05, 0.1) is 7.11 Å². The number of aliphatic carboxylic acids is 1. The van der Waals surface area contributed by atoms with E-state index in [4.69, 9.17) is 9.84 Å². The van der Waals surface area contributed by atoms with Crippen LogP contribution in [0.2, 0.25) is 0 Å². The van der Waals surface area contributed by atoms with Crippen molar-refractivity contribution in [2.45, 2.75) is 25.8 Å². The van der Waals surface area contributed by atoms with Crippen LogP contribution in [0.15, 0.2) is 30.3 Å². The van der Waals surface area contributed by atoms with Crippen molar-refractivity contribution in [1.29, 1.82) is 0 Å². The summed E-state index contributed by atoms with van der Waals surface area (Å²) in [5, 5.41) is 11.6. The number of amides is 1. The summed E-state index contributed by atoms with van der Waals surface area (Å²) in [5.74, 6) is -0.755. The maximum atomic E-state index is 11.7. The lowest BCUT2D eigenvalue weighted by atomic mass is 9.99. The summed E-state index contributed by atoms with van der Waals surface area (Å²) in [6, 6.07) is 7.17. The van der Waals surface area contributed by atoms with E-state index in [9.17, 15) is 9.59 Å². The van der Waals surface area contributed by atoms with Crippen LogP contribution in [0.5, 0.6) is 5.75 Å². The summed E-state index contributed by atoms with van der Waals surface area (Å²) < 4.78 is 5.03. The molecule has 0 radical (unpaired) electrons. The normalized spacial score (nSPS) is 13.8. The van der Waals surface area contributed by atoms with Crippen LogP contribution >= 0.6 is 0 Å². The predicted octanol–water partition coefficient (Wildman–Crippen LogP) is 2.08. The van der Waals surface area contributed by atoms with Gasteiger partial charge in [0, 0.05) is 6.08 Å². The Bertz CT molecular complexity index is 507. The van der Waals surface area contributed by atoms with E-state index in [2.05, 4.69) is 5.32 Å². The number of hydrogen-bond donors (Lipinski definition) is 2. The molecule has 0 heterocycles. The van der Waals surface area contributed by atoms with E-state index in [1.165, 1.54) is 13.0 Å². The van der Waals surface area contributed by atoms with Crippen molar-refractivity contribution in [3.05, 3.63) is 35.9 Å². The molecule has 1 atom stereocenters. The van der Waals surface area contributed by atoms with Gasteiger partial charge in [-0.2, -0.15) is 0 Å². The third-order valence-electron chi connectivity index (χ3n) is 3.12. The van der Waals surface area contributed by atoms with Crippen LogP contribution < -0.4 is 10.1 Å². The number of nitrogens with one attached hydrogen (secondary N) is 1. The SMILES string of the molecule is CCC(C)(NC(=O)C=Cc1ccc(OC)cc1)C(=O)O. The summed E-state index contributed by atoms with van der Waals surface area (Å²) in [5.41, 5.74) is -0.420. The van der Waals surface area contributed by atoms with Gasteiger partial charge in [0.25, 0.3) is 0 Å². The van der Waals surface area contributed by atoms with Gasteiger partial charge in [0.15, 0.2) is 0 Å². The molecule has 0 saturated carbocycles. The Balaban J connectivity index is 2.69. The topological polar surface area (TPSA) is 75.6 Å². The highest BCUT2D eigenvalue weighted by molar-refractivity contribution is 5.95. The molecule has 1 aromatic carbocycles. The molecule has 1 amide bonds. The fraction of sp³-hybridized carbons (Fsp3) is 0.333. The molecule has 1 unspecified atom stereocenters. The molecule has 1 aromatic rings. The molecule has 1 rings (SSSR count). The highest BCUT2D eigenvalue weighted by atomic mass is 16.5. The molecule has 5 nitrogen and oxygen atoms in total. The number of benzene rings is 1. The molecule has 0 aliphatic rings. The van der Waals surface area contributed by atoms with Crippen LogP contribution in [0.25, 0.3) is 6.08 Å². The van der Waals surface area contributed by atoms with E-state index < -0.39 is 17.4 Å². The van der Waals surface area contributed by atoms with Gasteiger partial charge in [-0.15, -0.1) is 0 Å². The zero-order valence-electron chi connectivity index (χ0n) is 11.8. The van der Waals surface area contributed by atoms with Gasteiger partial charge < -0.3 is 15.2 Å². The summed E-state index contributed by atoms with van der Waals surface area (Å²) in [6.45, 7) is 3.19. The molecular formula is C15H19NO4. The second-order valence-corrected chi connectivity index (χ2v) is 4.59.